The van der Waals surface area contributed by atoms with Crippen molar-refractivity contribution in [1.29, 1.82) is 5.41 Å². The van der Waals surface area contributed by atoms with E-state index in [-0.39, 0.29) is 17.1 Å². The highest BCUT2D eigenvalue weighted by atomic mass is 16.2. The lowest BCUT2D eigenvalue weighted by molar-refractivity contribution is -0.128. The highest BCUT2D eigenvalue weighted by molar-refractivity contribution is 5.87. The first kappa shape index (κ1) is 25.0. The Hall–Kier alpha value is -3.29. The molecule has 1 heterocycles. The molecule has 0 aromatic rings. The van der Waals surface area contributed by atoms with Gasteiger partial charge in [-0.05, 0) is 55.2 Å². The molecule has 1 amide bonds. The van der Waals surface area contributed by atoms with Crippen molar-refractivity contribution in [3.05, 3.63) is 60.5 Å². The predicted molar refractivity (Wildman–Crippen MR) is 132 cm³/mol. The number of amides is 1. The Morgan fingerprint density at radius 1 is 1.31 bits per heavy atom. The van der Waals surface area contributed by atoms with E-state index in [0.717, 1.165) is 56.7 Å². The average molecular weight is 440 g/mol. The van der Waals surface area contributed by atoms with Crippen LogP contribution in [0.1, 0.15) is 32.1 Å². The van der Waals surface area contributed by atoms with E-state index >= 15 is 0 Å². The maximum atomic E-state index is 11.9. The number of aliphatic imine (C=N–C) groups is 1. The van der Waals surface area contributed by atoms with Crippen LogP contribution in [-0.4, -0.2) is 67.4 Å². The molecule has 8 heteroatoms. The second-order valence-corrected chi connectivity index (χ2v) is 8.38. The molecule has 0 radical (unpaired) electrons. The minimum absolute atomic E-state index is 0.0304. The molecule has 0 saturated carbocycles. The van der Waals surface area contributed by atoms with Crippen molar-refractivity contribution in [1.82, 2.24) is 20.0 Å². The molecule has 0 atom stereocenters. The van der Waals surface area contributed by atoms with Crippen LogP contribution in [0.2, 0.25) is 0 Å². The van der Waals surface area contributed by atoms with Crippen LogP contribution in [0.5, 0.6) is 0 Å². The number of rotatable bonds is 9. The number of likely N-dealkylation sites (N-methyl/N-ethyl adjacent to an activating group) is 1. The minimum atomic E-state index is 0.0304. The summed E-state index contributed by atoms with van der Waals surface area (Å²) in [5, 5.41) is 10.7. The van der Waals surface area contributed by atoms with Gasteiger partial charge in [0.2, 0.25) is 5.91 Å². The van der Waals surface area contributed by atoms with Crippen molar-refractivity contribution in [2.24, 2.45) is 16.1 Å². The largest absolute Gasteiger partial charge is 0.385 e. The Morgan fingerprint density at radius 2 is 2.00 bits per heavy atom. The zero-order valence-electron chi connectivity index (χ0n) is 19.6. The van der Waals surface area contributed by atoms with Crippen LogP contribution in [0.4, 0.5) is 0 Å². The summed E-state index contributed by atoms with van der Waals surface area (Å²) in [6, 6.07) is 0. The lowest BCUT2D eigenvalue weighted by Gasteiger charge is -2.44. The van der Waals surface area contributed by atoms with Gasteiger partial charge in [0.05, 0.1) is 12.0 Å². The average Bonchev–Trinajstić information content (AvgIpc) is 2.80. The third-order valence-corrected chi connectivity index (χ3v) is 6.28. The van der Waals surface area contributed by atoms with Gasteiger partial charge in [-0.2, -0.15) is 0 Å². The van der Waals surface area contributed by atoms with Crippen molar-refractivity contribution < 1.29 is 4.79 Å². The fourth-order valence-electron chi connectivity index (χ4n) is 4.43. The third kappa shape index (κ3) is 6.12. The number of carbonyl (C=O) groups excluding carboxylic acids is 1. The highest BCUT2D eigenvalue weighted by Crippen LogP contribution is 2.45. The van der Waals surface area contributed by atoms with Crippen molar-refractivity contribution in [2.75, 3.05) is 34.2 Å². The van der Waals surface area contributed by atoms with Gasteiger partial charge in [0.25, 0.3) is 0 Å². The summed E-state index contributed by atoms with van der Waals surface area (Å²) in [5.74, 6) is 1.16. The zero-order valence-corrected chi connectivity index (χ0v) is 19.6. The SMILES string of the molecule is C=CC(=O)N1CCC2(CC=C(/C(NC)=C(\N(C)/C=C\C=N)N(C)/C=N\C(=C)N)CC2)CC1. The summed E-state index contributed by atoms with van der Waals surface area (Å²) in [6.45, 7) is 8.83. The molecule has 1 aliphatic heterocycles. The van der Waals surface area contributed by atoms with Gasteiger partial charge in [0.15, 0.2) is 0 Å². The van der Waals surface area contributed by atoms with E-state index in [2.05, 4.69) is 29.5 Å². The molecular formula is C24H37N7O. The number of nitrogens with two attached hydrogens (primary N) is 1. The lowest BCUT2D eigenvalue weighted by Crippen LogP contribution is -2.43. The number of nitrogens with one attached hydrogen (secondary N) is 2. The molecule has 1 aliphatic carbocycles. The molecular weight excluding hydrogens is 402 g/mol. The van der Waals surface area contributed by atoms with Crippen LogP contribution >= 0.6 is 0 Å². The van der Waals surface area contributed by atoms with E-state index < -0.39 is 0 Å². The summed E-state index contributed by atoms with van der Waals surface area (Å²) in [7, 11) is 5.76. The number of carbonyl (C=O) groups is 1. The molecule has 2 rings (SSSR count). The first-order chi connectivity index (χ1) is 15.3. The fraction of sp³-hybridized carbons (Fsp3) is 0.458. The van der Waals surface area contributed by atoms with Crippen molar-refractivity contribution in [3.8, 4) is 0 Å². The van der Waals surface area contributed by atoms with E-state index in [1.54, 1.807) is 12.4 Å². The number of hydrogen-bond acceptors (Lipinski definition) is 6. The molecule has 4 N–H and O–H groups in total. The quantitative estimate of drug-likeness (QED) is 0.291. The van der Waals surface area contributed by atoms with Crippen LogP contribution in [0.3, 0.4) is 0 Å². The molecule has 174 valence electrons. The number of hydrogen-bond donors (Lipinski definition) is 3. The Bertz CT molecular complexity index is 844. The third-order valence-electron chi connectivity index (χ3n) is 6.28. The van der Waals surface area contributed by atoms with Gasteiger partial charge in [0, 0.05) is 46.6 Å². The fourth-order valence-corrected chi connectivity index (χ4v) is 4.43. The molecule has 2 aliphatic rings. The normalized spacial score (nSPS) is 18.8. The van der Waals surface area contributed by atoms with Crippen LogP contribution in [0.25, 0.3) is 0 Å². The van der Waals surface area contributed by atoms with Gasteiger partial charge in [-0.1, -0.05) is 19.2 Å². The van der Waals surface area contributed by atoms with E-state index in [1.807, 2.05) is 42.0 Å². The molecule has 32 heavy (non-hydrogen) atoms. The van der Waals surface area contributed by atoms with Gasteiger partial charge >= 0.3 is 0 Å². The zero-order chi connectivity index (χ0) is 23.7. The van der Waals surface area contributed by atoms with Gasteiger partial charge in [-0.3, -0.25) is 4.79 Å². The topological polar surface area (TPSA) is 101 Å². The van der Waals surface area contributed by atoms with Crippen LogP contribution in [0, 0.1) is 10.8 Å². The van der Waals surface area contributed by atoms with E-state index in [1.165, 1.54) is 17.9 Å². The summed E-state index contributed by atoms with van der Waals surface area (Å²) in [4.78, 5) is 21.8. The second kappa shape index (κ2) is 11.4. The van der Waals surface area contributed by atoms with Crippen molar-refractivity contribution in [3.63, 3.8) is 0 Å². The first-order valence-electron chi connectivity index (χ1n) is 10.9. The highest BCUT2D eigenvalue weighted by Gasteiger charge is 2.37. The standard InChI is InChI=1S/C24H37N7O/c1-6-21(32)31-16-12-24(13-17-31)10-8-20(9-11-24)22(27-3)23(29(4)15-7-14-25)30(5)18-28-19(2)26/h6-8,14-15,18,25,27H,1-2,9-13,16-17,26H2,3-5H3/b15-7-,23-22-,25-14?,28-18-. The van der Waals surface area contributed by atoms with Crippen molar-refractivity contribution >= 4 is 18.5 Å². The lowest BCUT2D eigenvalue weighted by atomic mass is 9.68. The molecule has 8 nitrogen and oxygen atoms in total. The number of nitrogens with zero attached hydrogens (tertiary/aromatic N) is 4. The van der Waals surface area contributed by atoms with Crippen LogP contribution < -0.4 is 11.1 Å². The van der Waals surface area contributed by atoms with Crippen LogP contribution in [-0.2, 0) is 4.79 Å². The maximum absolute atomic E-state index is 11.9. The molecule has 0 bridgehead atoms. The summed E-state index contributed by atoms with van der Waals surface area (Å²) >= 11 is 0. The predicted octanol–water partition coefficient (Wildman–Crippen LogP) is 2.77. The van der Waals surface area contributed by atoms with E-state index in [4.69, 9.17) is 11.1 Å². The molecule has 0 aromatic carbocycles. The number of allylic oxidation sites excluding steroid dienone is 3. The van der Waals surface area contributed by atoms with Crippen LogP contribution in [0.15, 0.2) is 65.5 Å². The number of likely N-dealkylation sites (tertiary alicyclic amines) is 1. The van der Waals surface area contributed by atoms with Gasteiger partial charge in [0.1, 0.15) is 11.6 Å². The van der Waals surface area contributed by atoms with Gasteiger partial charge in [-0.15, -0.1) is 0 Å². The Labute approximate surface area is 192 Å². The summed E-state index contributed by atoms with van der Waals surface area (Å²) < 4.78 is 0. The van der Waals surface area contributed by atoms with Crippen molar-refractivity contribution in [2.45, 2.75) is 32.1 Å². The Morgan fingerprint density at radius 3 is 2.50 bits per heavy atom. The smallest absolute Gasteiger partial charge is 0.245 e. The minimum Gasteiger partial charge on any atom is -0.385 e. The molecule has 1 saturated heterocycles. The van der Waals surface area contributed by atoms with E-state index in [9.17, 15) is 4.79 Å². The molecule has 1 spiro atoms. The Balaban J connectivity index is 2.30. The van der Waals surface area contributed by atoms with Gasteiger partial charge < -0.3 is 31.2 Å². The van der Waals surface area contributed by atoms with E-state index in [0.29, 0.717) is 0 Å². The maximum Gasteiger partial charge on any atom is 0.245 e. The second-order valence-electron chi connectivity index (χ2n) is 8.38. The monoisotopic (exact) mass is 439 g/mol. The molecule has 0 aromatic heterocycles. The summed E-state index contributed by atoms with van der Waals surface area (Å²) in [6.07, 6.45) is 15.2. The first-order valence-corrected chi connectivity index (χ1v) is 10.9. The number of piperidine rings is 1. The summed E-state index contributed by atoms with van der Waals surface area (Å²) in [5.41, 5.74) is 8.13. The Kier molecular flexibility index (Phi) is 8.87. The van der Waals surface area contributed by atoms with Gasteiger partial charge in [-0.25, -0.2) is 4.99 Å². The molecule has 0 unspecified atom stereocenters. The molecule has 1 fully saturated rings.